The Balaban J connectivity index is 1.61. The lowest BCUT2D eigenvalue weighted by Crippen LogP contribution is -2.46. The molecule has 1 saturated carbocycles. The first kappa shape index (κ1) is 21.9. The number of amidine groups is 1. The number of methoxy groups -OCH3 is 1. The number of nitrogens with two attached hydrogens (primary N) is 1. The number of aliphatic imine (C=N–C) groups is 1. The van der Waals surface area contributed by atoms with Gasteiger partial charge in [-0.1, -0.05) is 17.3 Å². The third kappa shape index (κ3) is 4.00. The Morgan fingerprint density at radius 3 is 2.68 bits per heavy atom. The van der Waals surface area contributed by atoms with Gasteiger partial charge in [-0.2, -0.15) is 13.2 Å². The average Bonchev–Trinajstić information content (AvgIpc) is 3.24. The van der Waals surface area contributed by atoms with E-state index in [0.29, 0.717) is 12.3 Å². The van der Waals surface area contributed by atoms with E-state index in [4.69, 9.17) is 25.0 Å². The van der Waals surface area contributed by atoms with Gasteiger partial charge in [-0.15, -0.1) is 0 Å². The lowest BCUT2D eigenvalue weighted by molar-refractivity contribution is -0.145. The van der Waals surface area contributed by atoms with Gasteiger partial charge in [0.05, 0.1) is 18.2 Å². The number of benzene rings is 1. The second-order valence-electron chi connectivity index (χ2n) is 8.74. The summed E-state index contributed by atoms with van der Waals surface area (Å²) < 4.78 is 48.2. The third-order valence-electron chi connectivity index (χ3n) is 7.01. The van der Waals surface area contributed by atoms with Crippen molar-refractivity contribution in [2.24, 2.45) is 21.3 Å². The molecular weight excluding hydrogens is 411 g/mol. The van der Waals surface area contributed by atoms with Crippen LogP contribution < -0.4 is 5.73 Å². The van der Waals surface area contributed by atoms with Gasteiger partial charge in [0.1, 0.15) is 18.8 Å². The largest absolute Gasteiger partial charge is 0.462 e. The fraction of sp³-hybridized carbons (Fsp3) is 0.636. The van der Waals surface area contributed by atoms with Crippen molar-refractivity contribution in [1.29, 1.82) is 0 Å². The SMILES string of the molecule is COC1CCC2(CC1)Cc1ccc(/C(C)=N/OCCC(F)(F)F)cc1C21COC(N)=N1. The Labute approximate surface area is 179 Å². The minimum atomic E-state index is -4.26. The van der Waals surface area contributed by atoms with Crippen LogP contribution in [-0.4, -0.2) is 44.3 Å². The van der Waals surface area contributed by atoms with Crippen LogP contribution in [0, 0.1) is 5.41 Å². The van der Waals surface area contributed by atoms with Gasteiger partial charge in [0, 0.05) is 12.5 Å². The number of hydrogen-bond donors (Lipinski definition) is 1. The summed E-state index contributed by atoms with van der Waals surface area (Å²) in [6, 6.07) is 6.21. The van der Waals surface area contributed by atoms with Gasteiger partial charge in [0.2, 0.25) is 0 Å². The summed E-state index contributed by atoms with van der Waals surface area (Å²) in [6.45, 7) is 1.61. The molecule has 1 fully saturated rings. The molecule has 3 aliphatic rings. The highest BCUT2D eigenvalue weighted by Gasteiger charge is 2.61. The number of fused-ring (bicyclic) bond motifs is 3. The maximum Gasteiger partial charge on any atom is 0.392 e. The molecule has 0 amide bonds. The molecule has 1 aromatic carbocycles. The van der Waals surface area contributed by atoms with Crippen LogP contribution in [0.3, 0.4) is 0 Å². The zero-order valence-electron chi connectivity index (χ0n) is 17.8. The van der Waals surface area contributed by atoms with E-state index in [0.717, 1.165) is 43.2 Å². The minimum Gasteiger partial charge on any atom is -0.462 e. The minimum absolute atomic E-state index is 0.0850. The van der Waals surface area contributed by atoms with E-state index >= 15 is 0 Å². The van der Waals surface area contributed by atoms with Crippen molar-refractivity contribution in [1.82, 2.24) is 0 Å². The first-order valence-corrected chi connectivity index (χ1v) is 10.6. The molecule has 2 spiro atoms. The maximum absolute atomic E-state index is 12.3. The highest BCUT2D eigenvalue weighted by Crippen LogP contribution is 2.61. The lowest BCUT2D eigenvalue weighted by atomic mass is 9.62. The first-order valence-electron chi connectivity index (χ1n) is 10.6. The van der Waals surface area contributed by atoms with E-state index in [1.807, 2.05) is 12.1 Å². The number of rotatable bonds is 5. The van der Waals surface area contributed by atoms with Crippen LogP contribution in [0.15, 0.2) is 28.3 Å². The number of hydrogen-bond acceptors (Lipinski definition) is 6. The highest BCUT2D eigenvalue weighted by molar-refractivity contribution is 5.98. The summed E-state index contributed by atoms with van der Waals surface area (Å²) in [7, 11) is 1.75. The summed E-state index contributed by atoms with van der Waals surface area (Å²) in [6.07, 6.45) is -0.310. The van der Waals surface area contributed by atoms with Gasteiger partial charge in [0.15, 0.2) is 0 Å². The third-order valence-corrected chi connectivity index (χ3v) is 7.01. The fourth-order valence-corrected chi connectivity index (χ4v) is 5.30. The monoisotopic (exact) mass is 439 g/mol. The lowest BCUT2D eigenvalue weighted by Gasteiger charge is -2.45. The summed E-state index contributed by atoms with van der Waals surface area (Å²) in [5.74, 6) is 0. The van der Waals surface area contributed by atoms with Crippen molar-refractivity contribution in [3.8, 4) is 0 Å². The van der Waals surface area contributed by atoms with Crippen molar-refractivity contribution in [3.63, 3.8) is 0 Å². The quantitative estimate of drug-likeness (QED) is 0.427. The van der Waals surface area contributed by atoms with Crippen molar-refractivity contribution in [3.05, 3.63) is 34.9 Å². The average molecular weight is 439 g/mol. The van der Waals surface area contributed by atoms with Crippen molar-refractivity contribution in [2.45, 2.75) is 63.3 Å². The molecule has 1 aliphatic heterocycles. The van der Waals surface area contributed by atoms with Gasteiger partial charge < -0.3 is 20.0 Å². The molecule has 0 bridgehead atoms. The molecule has 0 aromatic heterocycles. The van der Waals surface area contributed by atoms with E-state index in [9.17, 15) is 13.2 Å². The van der Waals surface area contributed by atoms with Crippen LogP contribution >= 0.6 is 0 Å². The van der Waals surface area contributed by atoms with E-state index in [1.165, 1.54) is 5.56 Å². The molecule has 0 saturated heterocycles. The maximum atomic E-state index is 12.3. The van der Waals surface area contributed by atoms with Crippen LogP contribution in [0.25, 0.3) is 0 Å². The molecule has 4 rings (SSSR count). The van der Waals surface area contributed by atoms with Gasteiger partial charge in [0.25, 0.3) is 6.02 Å². The van der Waals surface area contributed by atoms with E-state index < -0.39 is 24.7 Å². The molecule has 1 atom stereocenters. The van der Waals surface area contributed by atoms with Gasteiger partial charge in [-0.25, -0.2) is 4.99 Å². The standard InChI is InChI=1S/C22H28F3N3O3/c1-14(28-31-10-9-22(23,24)25)15-3-4-16-12-20(7-5-17(29-2)6-8-20)21(18(16)11-15)13-30-19(26)27-21/h3-4,11,17H,5-10,12-13H2,1-2H3,(H2,26,27)/b28-14+. The molecule has 6 nitrogen and oxygen atoms in total. The Morgan fingerprint density at radius 1 is 1.32 bits per heavy atom. The molecule has 1 heterocycles. The number of ether oxygens (including phenoxy) is 2. The second kappa shape index (κ2) is 8.00. The van der Waals surface area contributed by atoms with Crippen LogP contribution in [0.4, 0.5) is 13.2 Å². The van der Waals surface area contributed by atoms with Crippen LogP contribution in [0.5, 0.6) is 0 Å². The van der Waals surface area contributed by atoms with Crippen molar-refractivity contribution >= 4 is 11.7 Å². The van der Waals surface area contributed by atoms with E-state index in [-0.39, 0.29) is 17.5 Å². The zero-order chi connectivity index (χ0) is 22.3. The van der Waals surface area contributed by atoms with Crippen LogP contribution in [0.2, 0.25) is 0 Å². The fourth-order valence-electron chi connectivity index (χ4n) is 5.30. The Kier molecular flexibility index (Phi) is 5.66. The Hall–Kier alpha value is -2.29. The topological polar surface area (TPSA) is 78.4 Å². The number of nitrogens with zero attached hydrogens (tertiary/aromatic N) is 2. The van der Waals surface area contributed by atoms with Gasteiger partial charge in [-0.3, -0.25) is 0 Å². The molecule has 170 valence electrons. The molecule has 1 aromatic rings. The van der Waals surface area contributed by atoms with Gasteiger partial charge >= 0.3 is 6.18 Å². The summed E-state index contributed by atoms with van der Waals surface area (Å²) in [5.41, 5.74) is 8.89. The van der Waals surface area contributed by atoms with E-state index in [2.05, 4.69) is 11.2 Å². The Bertz CT molecular complexity index is 892. The van der Waals surface area contributed by atoms with Crippen LogP contribution in [-0.2, 0) is 26.3 Å². The predicted octanol–water partition coefficient (Wildman–Crippen LogP) is 4.05. The summed E-state index contributed by atoms with van der Waals surface area (Å²) in [5, 5.41) is 3.89. The first-order chi connectivity index (χ1) is 14.7. The highest BCUT2D eigenvalue weighted by atomic mass is 19.4. The number of halogens is 3. The molecular formula is C22H28F3N3O3. The Morgan fingerprint density at radius 2 is 2.06 bits per heavy atom. The summed E-state index contributed by atoms with van der Waals surface area (Å²) >= 11 is 0. The molecule has 2 aliphatic carbocycles. The smallest absolute Gasteiger partial charge is 0.392 e. The predicted molar refractivity (Wildman–Crippen MR) is 110 cm³/mol. The molecule has 0 radical (unpaired) electrons. The number of alkyl halides is 3. The normalized spacial score (nSPS) is 30.4. The molecule has 9 heteroatoms. The summed E-state index contributed by atoms with van der Waals surface area (Å²) in [4.78, 5) is 9.72. The number of oxime groups is 1. The van der Waals surface area contributed by atoms with Crippen molar-refractivity contribution < 1.29 is 27.5 Å². The zero-order valence-corrected chi connectivity index (χ0v) is 17.8. The van der Waals surface area contributed by atoms with Crippen molar-refractivity contribution in [2.75, 3.05) is 20.3 Å². The van der Waals surface area contributed by atoms with E-state index in [1.54, 1.807) is 14.0 Å². The molecule has 31 heavy (non-hydrogen) atoms. The molecule has 2 N–H and O–H groups in total. The van der Waals surface area contributed by atoms with Gasteiger partial charge in [-0.05, 0) is 61.8 Å². The molecule has 1 unspecified atom stereocenters. The second-order valence-corrected chi connectivity index (χ2v) is 8.74. The van der Waals surface area contributed by atoms with Crippen LogP contribution in [0.1, 0.15) is 55.7 Å².